The normalized spacial score (nSPS) is 11.4. The Labute approximate surface area is 141 Å². The molecule has 3 aromatic heterocycles. The summed E-state index contributed by atoms with van der Waals surface area (Å²) in [6.45, 7) is 2.07. The van der Waals surface area contributed by atoms with Gasteiger partial charge in [-0.3, -0.25) is 14.2 Å². The van der Waals surface area contributed by atoms with E-state index < -0.39 is 0 Å². The minimum Gasteiger partial charge on any atom is -0.360 e. The standard InChI is InChI=1S/C18H15N3O2S/c1-2-11-4-3-5-12-14(8-19-16(11)12)15(22)9-21-10-20-17-13(18(21)23)6-7-24-17/h3-8,10,19H,2,9H2,1H3. The summed E-state index contributed by atoms with van der Waals surface area (Å²) in [6, 6.07) is 7.68. The highest BCUT2D eigenvalue weighted by atomic mass is 32.1. The van der Waals surface area contributed by atoms with Gasteiger partial charge in [0.05, 0.1) is 18.3 Å². The number of fused-ring (bicyclic) bond motifs is 2. The number of nitrogens with one attached hydrogen (secondary N) is 1. The number of aryl methyl sites for hydroxylation is 1. The zero-order valence-electron chi connectivity index (χ0n) is 13.1. The molecule has 4 rings (SSSR count). The number of hydrogen-bond acceptors (Lipinski definition) is 4. The summed E-state index contributed by atoms with van der Waals surface area (Å²) in [5.41, 5.74) is 2.59. The predicted octanol–water partition coefficient (Wildman–Crippen LogP) is 3.38. The number of thiophene rings is 1. The second-order valence-electron chi connectivity index (χ2n) is 5.64. The van der Waals surface area contributed by atoms with Gasteiger partial charge in [-0.2, -0.15) is 0 Å². The number of ketones is 1. The fourth-order valence-corrected chi connectivity index (χ4v) is 3.71. The van der Waals surface area contributed by atoms with Gasteiger partial charge >= 0.3 is 0 Å². The SMILES string of the molecule is CCc1cccc2c(C(=O)Cn3cnc4sccc4c3=O)c[nH]c12. The van der Waals surface area contributed by atoms with Crippen molar-refractivity contribution in [2.75, 3.05) is 0 Å². The molecule has 0 saturated carbocycles. The van der Waals surface area contributed by atoms with E-state index in [4.69, 9.17) is 0 Å². The molecule has 24 heavy (non-hydrogen) atoms. The van der Waals surface area contributed by atoms with Gasteiger partial charge in [-0.1, -0.05) is 25.1 Å². The number of nitrogens with zero attached hydrogens (tertiary/aromatic N) is 2. The van der Waals surface area contributed by atoms with Crippen LogP contribution in [0.2, 0.25) is 0 Å². The molecular weight excluding hydrogens is 322 g/mol. The molecule has 1 N–H and O–H groups in total. The Morgan fingerprint density at radius 1 is 1.29 bits per heavy atom. The molecule has 0 amide bonds. The highest BCUT2D eigenvalue weighted by molar-refractivity contribution is 7.16. The average Bonchev–Trinajstić information content (AvgIpc) is 3.23. The third-order valence-electron chi connectivity index (χ3n) is 4.25. The van der Waals surface area contributed by atoms with Gasteiger partial charge in [-0.05, 0) is 23.4 Å². The molecule has 1 aromatic carbocycles. The van der Waals surface area contributed by atoms with Gasteiger partial charge < -0.3 is 4.98 Å². The topological polar surface area (TPSA) is 67.8 Å². The van der Waals surface area contributed by atoms with Crippen molar-refractivity contribution in [3.63, 3.8) is 0 Å². The number of rotatable bonds is 4. The van der Waals surface area contributed by atoms with Crippen LogP contribution in [-0.4, -0.2) is 20.3 Å². The number of benzene rings is 1. The van der Waals surface area contributed by atoms with E-state index in [1.807, 2.05) is 23.6 Å². The van der Waals surface area contributed by atoms with E-state index in [0.29, 0.717) is 15.8 Å². The van der Waals surface area contributed by atoms with Crippen LogP contribution in [0.25, 0.3) is 21.1 Å². The molecule has 0 aliphatic rings. The second kappa shape index (κ2) is 5.72. The van der Waals surface area contributed by atoms with Crippen LogP contribution in [0.1, 0.15) is 22.8 Å². The van der Waals surface area contributed by atoms with Crippen LogP contribution in [0, 0.1) is 0 Å². The van der Waals surface area contributed by atoms with Crippen molar-refractivity contribution in [3.05, 3.63) is 63.7 Å². The van der Waals surface area contributed by atoms with Crippen LogP contribution in [0.15, 0.2) is 47.0 Å². The van der Waals surface area contributed by atoms with Gasteiger partial charge in [-0.15, -0.1) is 11.3 Å². The lowest BCUT2D eigenvalue weighted by atomic mass is 10.0. The molecule has 0 spiro atoms. The molecule has 0 saturated heterocycles. The lowest BCUT2D eigenvalue weighted by Gasteiger charge is -2.04. The third-order valence-corrected chi connectivity index (χ3v) is 5.07. The summed E-state index contributed by atoms with van der Waals surface area (Å²) >= 11 is 1.42. The van der Waals surface area contributed by atoms with Crippen molar-refractivity contribution in [2.24, 2.45) is 0 Å². The lowest BCUT2D eigenvalue weighted by Crippen LogP contribution is -2.24. The maximum Gasteiger partial charge on any atom is 0.262 e. The van der Waals surface area contributed by atoms with Crippen molar-refractivity contribution in [1.29, 1.82) is 0 Å². The smallest absolute Gasteiger partial charge is 0.262 e. The van der Waals surface area contributed by atoms with Gasteiger partial charge in [0.25, 0.3) is 5.56 Å². The summed E-state index contributed by atoms with van der Waals surface area (Å²) in [5.74, 6) is -0.104. The fraction of sp³-hybridized carbons (Fsp3) is 0.167. The number of H-pyrrole nitrogens is 1. The molecule has 0 aliphatic carbocycles. The summed E-state index contributed by atoms with van der Waals surface area (Å²) in [7, 11) is 0. The Kier molecular flexibility index (Phi) is 3.54. The molecule has 0 fully saturated rings. The molecule has 0 atom stereocenters. The molecule has 0 unspecified atom stereocenters. The Morgan fingerprint density at radius 3 is 3.00 bits per heavy atom. The molecule has 5 nitrogen and oxygen atoms in total. The van der Waals surface area contributed by atoms with Crippen LogP contribution in [0.4, 0.5) is 0 Å². The molecule has 3 heterocycles. The van der Waals surface area contributed by atoms with Crippen LogP contribution < -0.4 is 5.56 Å². The highest BCUT2D eigenvalue weighted by Crippen LogP contribution is 2.23. The van der Waals surface area contributed by atoms with Crippen molar-refractivity contribution < 1.29 is 4.79 Å². The Bertz CT molecular complexity index is 1120. The van der Waals surface area contributed by atoms with Gasteiger partial charge in [0, 0.05) is 22.7 Å². The molecule has 6 heteroatoms. The second-order valence-corrected chi connectivity index (χ2v) is 6.53. The fourth-order valence-electron chi connectivity index (χ4n) is 2.99. The van der Waals surface area contributed by atoms with Crippen LogP contribution in [0.3, 0.4) is 0 Å². The zero-order valence-corrected chi connectivity index (χ0v) is 13.9. The summed E-state index contributed by atoms with van der Waals surface area (Å²) in [4.78, 5) is 33.3. The molecule has 120 valence electrons. The molecule has 4 aromatic rings. The first-order valence-electron chi connectivity index (χ1n) is 7.74. The Morgan fingerprint density at radius 2 is 2.17 bits per heavy atom. The van der Waals surface area contributed by atoms with E-state index in [9.17, 15) is 9.59 Å². The predicted molar refractivity (Wildman–Crippen MR) is 95.9 cm³/mol. The first kappa shape index (κ1) is 14.8. The van der Waals surface area contributed by atoms with E-state index in [1.54, 1.807) is 12.3 Å². The first-order chi connectivity index (χ1) is 11.7. The summed E-state index contributed by atoms with van der Waals surface area (Å²) < 4.78 is 1.37. The maximum atomic E-state index is 12.7. The Hall–Kier alpha value is -2.73. The summed E-state index contributed by atoms with van der Waals surface area (Å²) in [6.07, 6.45) is 4.07. The molecule has 0 bridgehead atoms. The molecular formula is C18H15N3O2S. The molecule has 0 aliphatic heterocycles. The van der Waals surface area contributed by atoms with Crippen molar-refractivity contribution >= 4 is 38.2 Å². The number of carbonyl (C=O) groups is 1. The third kappa shape index (κ3) is 2.27. The van der Waals surface area contributed by atoms with E-state index in [1.165, 1.54) is 27.8 Å². The van der Waals surface area contributed by atoms with Gasteiger partial charge in [0.1, 0.15) is 4.83 Å². The van der Waals surface area contributed by atoms with Crippen molar-refractivity contribution in [1.82, 2.24) is 14.5 Å². The number of aromatic amines is 1. The minimum absolute atomic E-state index is 0.0130. The number of Topliss-reactive ketones (excluding diaryl/α,β-unsaturated/α-hetero) is 1. The van der Waals surface area contributed by atoms with E-state index in [2.05, 4.69) is 16.9 Å². The molecule has 0 radical (unpaired) electrons. The number of aromatic nitrogens is 3. The quantitative estimate of drug-likeness (QED) is 0.581. The van der Waals surface area contributed by atoms with Crippen molar-refractivity contribution in [2.45, 2.75) is 19.9 Å². The Balaban J connectivity index is 1.74. The number of hydrogen-bond donors (Lipinski definition) is 1. The van der Waals surface area contributed by atoms with Crippen LogP contribution in [0.5, 0.6) is 0 Å². The number of carbonyl (C=O) groups excluding carboxylic acids is 1. The van der Waals surface area contributed by atoms with Gasteiger partial charge in [0.15, 0.2) is 5.78 Å². The zero-order chi connectivity index (χ0) is 16.7. The van der Waals surface area contributed by atoms with E-state index in [0.717, 1.165) is 17.3 Å². The van der Waals surface area contributed by atoms with E-state index >= 15 is 0 Å². The highest BCUT2D eigenvalue weighted by Gasteiger charge is 2.15. The maximum absolute atomic E-state index is 12.7. The van der Waals surface area contributed by atoms with E-state index in [-0.39, 0.29) is 17.9 Å². The monoisotopic (exact) mass is 337 g/mol. The first-order valence-corrected chi connectivity index (χ1v) is 8.62. The number of para-hydroxylation sites is 1. The van der Waals surface area contributed by atoms with Gasteiger partial charge in [0.2, 0.25) is 0 Å². The van der Waals surface area contributed by atoms with Crippen molar-refractivity contribution in [3.8, 4) is 0 Å². The summed E-state index contributed by atoms with van der Waals surface area (Å²) in [5, 5.41) is 3.29. The largest absolute Gasteiger partial charge is 0.360 e. The minimum atomic E-state index is -0.177. The van der Waals surface area contributed by atoms with Gasteiger partial charge in [-0.25, -0.2) is 4.98 Å². The average molecular weight is 337 g/mol. The van der Waals surface area contributed by atoms with Crippen LogP contribution >= 0.6 is 11.3 Å². The lowest BCUT2D eigenvalue weighted by molar-refractivity contribution is 0.0972. The van der Waals surface area contributed by atoms with Crippen LogP contribution in [-0.2, 0) is 13.0 Å².